The third-order valence-corrected chi connectivity index (χ3v) is 6.24. The maximum atomic E-state index is 13.2. The maximum absolute atomic E-state index is 13.2. The van der Waals surface area contributed by atoms with Crippen LogP contribution in [0.25, 0.3) is 28.2 Å². The first-order valence-electron chi connectivity index (χ1n) is 12.1. The molecule has 8 nitrogen and oxygen atoms in total. The van der Waals surface area contributed by atoms with Gasteiger partial charge in [-0.05, 0) is 49.4 Å². The lowest BCUT2D eigenvalue weighted by atomic mass is 9.96. The summed E-state index contributed by atoms with van der Waals surface area (Å²) in [5, 5.41) is 6.74. The van der Waals surface area contributed by atoms with Crippen molar-refractivity contribution in [2.24, 2.45) is 5.73 Å². The van der Waals surface area contributed by atoms with Gasteiger partial charge < -0.3 is 11.1 Å². The maximum Gasteiger partial charge on any atom is 0.333 e. The Morgan fingerprint density at radius 3 is 2.54 bits per heavy atom. The van der Waals surface area contributed by atoms with Gasteiger partial charge in [0.25, 0.3) is 0 Å². The van der Waals surface area contributed by atoms with Crippen molar-refractivity contribution in [1.29, 1.82) is 0 Å². The molecule has 0 atom stereocenters. The number of hydrogen-bond donors (Lipinski definition) is 2. The van der Waals surface area contributed by atoms with Crippen molar-refractivity contribution >= 4 is 11.8 Å². The molecule has 0 unspecified atom stereocenters. The standard InChI is InChI=1S/C27H26F2N6O2/c28-27(29)35-15-17(14-31-35)21-9-5-10-22(25(30)37)24(21)26-33-19(6-4-11-23(36)32-18-12-13-18)16-34(26)20-7-2-1-3-8-20/h1-3,5,7-10,14-16,18,27H,4,6,11-13H2,(H2,30,37)(H,32,36). The summed E-state index contributed by atoms with van der Waals surface area (Å²) in [7, 11) is 0. The van der Waals surface area contributed by atoms with E-state index in [1.54, 1.807) is 18.2 Å². The van der Waals surface area contributed by atoms with Gasteiger partial charge in [-0.1, -0.05) is 30.3 Å². The molecule has 2 heterocycles. The van der Waals surface area contributed by atoms with Crippen molar-refractivity contribution in [2.45, 2.75) is 44.7 Å². The number of carbonyl (C=O) groups excluding carboxylic acids is 2. The van der Waals surface area contributed by atoms with Crippen LogP contribution in [0, 0.1) is 0 Å². The number of primary amides is 1. The Kier molecular flexibility index (Phi) is 6.80. The third kappa shape index (κ3) is 5.42. The van der Waals surface area contributed by atoms with Crippen molar-refractivity contribution in [3.63, 3.8) is 0 Å². The number of imidazole rings is 1. The summed E-state index contributed by atoms with van der Waals surface area (Å²) in [5.74, 6) is -0.195. The van der Waals surface area contributed by atoms with E-state index in [2.05, 4.69) is 10.4 Å². The van der Waals surface area contributed by atoms with Crippen LogP contribution in [0.3, 0.4) is 0 Å². The number of amides is 2. The fourth-order valence-electron chi connectivity index (χ4n) is 4.29. The van der Waals surface area contributed by atoms with Gasteiger partial charge in [0.1, 0.15) is 5.82 Å². The molecular weight excluding hydrogens is 478 g/mol. The number of para-hydroxylation sites is 1. The molecule has 37 heavy (non-hydrogen) atoms. The fourth-order valence-corrected chi connectivity index (χ4v) is 4.29. The minimum atomic E-state index is -2.80. The first-order valence-corrected chi connectivity index (χ1v) is 12.1. The lowest BCUT2D eigenvalue weighted by molar-refractivity contribution is -0.121. The number of benzene rings is 2. The number of aryl methyl sites for hydroxylation is 1. The van der Waals surface area contributed by atoms with Crippen LogP contribution in [-0.4, -0.2) is 37.2 Å². The average molecular weight is 505 g/mol. The molecule has 0 radical (unpaired) electrons. The van der Waals surface area contributed by atoms with E-state index in [4.69, 9.17) is 10.7 Å². The van der Waals surface area contributed by atoms with E-state index in [0.29, 0.717) is 52.5 Å². The number of halogens is 2. The smallest absolute Gasteiger partial charge is 0.333 e. The Hall–Kier alpha value is -4.34. The second-order valence-corrected chi connectivity index (χ2v) is 9.04. The number of nitrogens with zero attached hydrogens (tertiary/aromatic N) is 4. The van der Waals surface area contributed by atoms with Gasteiger partial charge in [0.05, 0.1) is 17.5 Å². The molecule has 1 saturated carbocycles. The van der Waals surface area contributed by atoms with Gasteiger partial charge in [0.15, 0.2) is 0 Å². The molecule has 3 N–H and O–H groups in total. The first kappa shape index (κ1) is 24.4. The Labute approximate surface area is 212 Å². The molecule has 1 fully saturated rings. The van der Waals surface area contributed by atoms with E-state index in [1.807, 2.05) is 41.1 Å². The fraction of sp³-hybridized carbons (Fsp3) is 0.259. The van der Waals surface area contributed by atoms with Gasteiger partial charge in [-0.15, -0.1) is 0 Å². The quantitative estimate of drug-likeness (QED) is 0.332. The molecule has 1 aliphatic carbocycles. The van der Waals surface area contributed by atoms with Crippen molar-refractivity contribution in [1.82, 2.24) is 24.6 Å². The lowest BCUT2D eigenvalue weighted by Gasteiger charge is -2.14. The van der Waals surface area contributed by atoms with Crippen LogP contribution >= 0.6 is 0 Å². The largest absolute Gasteiger partial charge is 0.366 e. The van der Waals surface area contributed by atoms with E-state index in [0.717, 1.165) is 24.2 Å². The number of alkyl halides is 2. The lowest BCUT2D eigenvalue weighted by Crippen LogP contribution is -2.25. The number of aromatic nitrogens is 4. The van der Waals surface area contributed by atoms with Gasteiger partial charge in [-0.2, -0.15) is 13.9 Å². The van der Waals surface area contributed by atoms with Crippen LogP contribution in [0.5, 0.6) is 0 Å². The molecule has 190 valence electrons. The Morgan fingerprint density at radius 2 is 1.86 bits per heavy atom. The van der Waals surface area contributed by atoms with Gasteiger partial charge in [-0.3, -0.25) is 14.2 Å². The minimum Gasteiger partial charge on any atom is -0.366 e. The van der Waals surface area contributed by atoms with E-state index < -0.39 is 12.5 Å². The van der Waals surface area contributed by atoms with Gasteiger partial charge in [0, 0.05) is 41.7 Å². The SMILES string of the molecule is NC(=O)c1cccc(-c2cnn(C(F)F)c2)c1-c1nc(CCCC(=O)NC2CC2)cn1-c1ccccc1. The van der Waals surface area contributed by atoms with E-state index in [-0.39, 0.29) is 11.5 Å². The van der Waals surface area contributed by atoms with Crippen molar-refractivity contribution in [3.05, 3.63) is 78.4 Å². The van der Waals surface area contributed by atoms with Crippen molar-refractivity contribution in [2.75, 3.05) is 0 Å². The summed E-state index contributed by atoms with van der Waals surface area (Å²) in [4.78, 5) is 29.5. The minimum absolute atomic E-state index is 0.0302. The number of nitrogens with two attached hydrogens (primary N) is 1. The monoisotopic (exact) mass is 504 g/mol. The second kappa shape index (κ2) is 10.3. The van der Waals surface area contributed by atoms with Crippen LogP contribution in [0.4, 0.5) is 8.78 Å². The summed E-state index contributed by atoms with van der Waals surface area (Å²) in [6.07, 6.45) is 8.03. The molecule has 5 rings (SSSR count). The summed E-state index contributed by atoms with van der Waals surface area (Å²) in [5.41, 5.74) is 8.81. The van der Waals surface area contributed by atoms with Crippen molar-refractivity contribution < 1.29 is 18.4 Å². The number of nitrogens with one attached hydrogen (secondary N) is 1. The van der Waals surface area contributed by atoms with Crippen LogP contribution in [0.15, 0.2) is 67.1 Å². The Balaban J connectivity index is 1.57. The molecule has 10 heteroatoms. The van der Waals surface area contributed by atoms with Crippen molar-refractivity contribution in [3.8, 4) is 28.2 Å². The van der Waals surface area contributed by atoms with E-state index in [1.165, 1.54) is 12.4 Å². The summed E-state index contributed by atoms with van der Waals surface area (Å²) in [6.45, 7) is -2.80. The third-order valence-electron chi connectivity index (χ3n) is 6.24. The summed E-state index contributed by atoms with van der Waals surface area (Å²) < 4.78 is 28.9. The Bertz CT molecular complexity index is 1430. The zero-order chi connectivity index (χ0) is 25.9. The predicted octanol–water partition coefficient (Wildman–Crippen LogP) is 4.50. The highest BCUT2D eigenvalue weighted by Gasteiger charge is 2.24. The van der Waals surface area contributed by atoms with Crippen LogP contribution < -0.4 is 11.1 Å². The molecular formula is C27H26F2N6O2. The number of carbonyl (C=O) groups is 2. The molecule has 0 spiro atoms. The zero-order valence-electron chi connectivity index (χ0n) is 20.0. The number of hydrogen-bond acceptors (Lipinski definition) is 4. The van der Waals surface area contributed by atoms with Crippen LogP contribution in [0.2, 0.25) is 0 Å². The highest BCUT2D eigenvalue weighted by Crippen LogP contribution is 2.36. The van der Waals surface area contributed by atoms with Gasteiger partial charge in [0.2, 0.25) is 11.8 Å². The van der Waals surface area contributed by atoms with Crippen LogP contribution in [-0.2, 0) is 11.2 Å². The van der Waals surface area contributed by atoms with Gasteiger partial charge in [-0.25, -0.2) is 9.67 Å². The molecule has 1 aliphatic rings. The molecule has 4 aromatic rings. The normalized spacial score (nSPS) is 13.2. The summed E-state index contributed by atoms with van der Waals surface area (Å²) >= 11 is 0. The molecule has 2 amide bonds. The second-order valence-electron chi connectivity index (χ2n) is 9.04. The predicted molar refractivity (Wildman–Crippen MR) is 134 cm³/mol. The number of rotatable bonds is 10. The highest BCUT2D eigenvalue weighted by molar-refractivity contribution is 6.03. The molecule has 0 saturated heterocycles. The molecule has 0 aliphatic heterocycles. The van der Waals surface area contributed by atoms with E-state index >= 15 is 0 Å². The molecule has 2 aromatic carbocycles. The van der Waals surface area contributed by atoms with Gasteiger partial charge >= 0.3 is 6.55 Å². The highest BCUT2D eigenvalue weighted by atomic mass is 19.3. The average Bonchev–Trinajstić information content (AvgIpc) is 3.39. The first-order chi connectivity index (χ1) is 17.9. The molecule has 0 bridgehead atoms. The van der Waals surface area contributed by atoms with Crippen LogP contribution in [0.1, 0.15) is 48.3 Å². The topological polar surface area (TPSA) is 108 Å². The van der Waals surface area contributed by atoms with E-state index in [9.17, 15) is 18.4 Å². The molecule has 2 aromatic heterocycles. The zero-order valence-corrected chi connectivity index (χ0v) is 20.0. The Morgan fingerprint density at radius 1 is 1.08 bits per heavy atom. The summed E-state index contributed by atoms with van der Waals surface area (Å²) in [6, 6.07) is 14.7.